The number of hydrogen-bond donors (Lipinski definition) is 1. The molecule has 1 spiro atoms. The van der Waals surface area contributed by atoms with Crippen molar-refractivity contribution >= 4 is 23.1 Å². The first kappa shape index (κ1) is 22.6. The van der Waals surface area contributed by atoms with Crippen LogP contribution >= 0.6 is 11.6 Å². The molecule has 0 aromatic heterocycles. The molecule has 0 radical (unpaired) electrons. The Morgan fingerprint density at radius 2 is 1.96 bits per heavy atom. The van der Waals surface area contributed by atoms with Gasteiger partial charge in [0.2, 0.25) is 0 Å². The summed E-state index contributed by atoms with van der Waals surface area (Å²) in [6.07, 6.45) is 3.51. The van der Waals surface area contributed by atoms with Crippen LogP contribution in [0.15, 0.2) is 17.9 Å². The Balaban J connectivity index is 0.00000261. The van der Waals surface area contributed by atoms with E-state index in [4.69, 9.17) is 21.1 Å². The first-order chi connectivity index (χ1) is 12.5. The summed E-state index contributed by atoms with van der Waals surface area (Å²) in [6, 6.07) is 3.49. The molecule has 1 N–H and O–H groups in total. The van der Waals surface area contributed by atoms with Crippen LogP contribution < -0.4 is 44.7 Å². The van der Waals surface area contributed by atoms with E-state index < -0.39 is 5.54 Å². The Morgan fingerprint density at radius 1 is 1.30 bits per heavy atom. The van der Waals surface area contributed by atoms with Crippen molar-refractivity contribution in [3.05, 3.63) is 34.0 Å². The minimum atomic E-state index is -0.810. The second-order valence-electron chi connectivity index (χ2n) is 6.90. The zero-order valence-corrected chi connectivity index (χ0v) is 19.2. The zero-order chi connectivity index (χ0) is 18.9. The van der Waals surface area contributed by atoms with Crippen LogP contribution in [-0.2, 0) is 16.0 Å². The van der Waals surface area contributed by atoms with E-state index in [0.29, 0.717) is 42.2 Å². The quantitative estimate of drug-likeness (QED) is 0.696. The van der Waals surface area contributed by atoms with Crippen LogP contribution in [0.1, 0.15) is 50.7 Å². The molecule has 1 amide bonds. The van der Waals surface area contributed by atoms with E-state index in [1.807, 2.05) is 13.8 Å². The average Bonchev–Trinajstić information content (AvgIpc) is 2.86. The topological polar surface area (TPSA) is 70.6 Å². The van der Waals surface area contributed by atoms with Gasteiger partial charge in [0.25, 0.3) is 5.91 Å². The number of aryl methyl sites for hydroxylation is 1. The van der Waals surface area contributed by atoms with Gasteiger partial charge in [0.05, 0.1) is 18.2 Å². The number of carbonyl (C=O) groups is 1. The van der Waals surface area contributed by atoms with Crippen molar-refractivity contribution in [3.63, 3.8) is 0 Å². The molecule has 1 heterocycles. The number of halogens is 1. The van der Waals surface area contributed by atoms with Crippen LogP contribution in [0.5, 0.6) is 5.75 Å². The van der Waals surface area contributed by atoms with E-state index in [9.17, 15) is 9.90 Å². The number of nitrogens with one attached hydrogen (secondary N) is 1. The maximum atomic E-state index is 13.3. The van der Waals surface area contributed by atoms with Gasteiger partial charge in [0.15, 0.2) is 0 Å². The summed E-state index contributed by atoms with van der Waals surface area (Å²) in [5.41, 5.74) is 0.835. The molecule has 142 valence electrons. The predicted molar refractivity (Wildman–Crippen MR) is 99.1 cm³/mol. The first-order valence-corrected chi connectivity index (χ1v) is 9.56. The number of hydrogen-bond acceptors (Lipinski definition) is 4. The summed E-state index contributed by atoms with van der Waals surface area (Å²) < 4.78 is 11.1. The zero-order valence-electron chi connectivity index (χ0n) is 16.5. The molecule has 1 aliphatic carbocycles. The molecular weight excluding hydrogens is 377 g/mol. The fourth-order valence-corrected chi connectivity index (χ4v) is 4.28. The van der Waals surface area contributed by atoms with Crippen LogP contribution in [0.3, 0.4) is 0 Å². The minimum absolute atomic E-state index is 0. The average molecular weight is 402 g/mol. The number of rotatable bonds is 5. The van der Waals surface area contributed by atoms with Crippen LogP contribution in [0.25, 0.3) is 5.57 Å². The Labute approximate surface area is 187 Å². The fraction of sp³-hybridized carbons (Fsp3) is 0.550. The molecule has 27 heavy (non-hydrogen) atoms. The van der Waals surface area contributed by atoms with Gasteiger partial charge in [-0.05, 0) is 56.7 Å². The van der Waals surface area contributed by atoms with Crippen molar-refractivity contribution in [2.45, 2.75) is 57.6 Å². The Bertz CT molecular complexity index is 742. The van der Waals surface area contributed by atoms with Crippen LogP contribution in [-0.4, -0.2) is 31.3 Å². The fourth-order valence-electron chi connectivity index (χ4n) is 4.05. The molecule has 1 aliphatic heterocycles. The molecule has 0 unspecified atom stereocenters. The van der Waals surface area contributed by atoms with Gasteiger partial charge in [0, 0.05) is 23.3 Å². The molecule has 5 nitrogen and oxygen atoms in total. The third kappa shape index (κ3) is 4.18. The smallest absolute Gasteiger partial charge is 0.873 e. The van der Waals surface area contributed by atoms with Crippen LogP contribution in [0.2, 0.25) is 5.02 Å². The van der Waals surface area contributed by atoms with Crippen molar-refractivity contribution in [3.8, 4) is 5.75 Å². The number of benzene rings is 1. The SMILES string of the molecule is CCOc1cc(Cl)cc(CC)c1C1=C([O-])C2(CCC(OC)CC2)NC1=O.[Na+]. The maximum absolute atomic E-state index is 13.3. The molecule has 3 rings (SSSR count). The van der Waals surface area contributed by atoms with Crippen LogP contribution in [0.4, 0.5) is 0 Å². The molecular formula is C20H25ClNNaO4. The van der Waals surface area contributed by atoms with E-state index >= 15 is 0 Å². The first-order valence-electron chi connectivity index (χ1n) is 9.18. The minimum Gasteiger partial charge on any atom is -0.873 e. The normalized spacial score (nSPS) is 24.7. The van der Waals surface area contributed by atoms with E-state index in [0.717, 1.165) is 18.4 Å². The van der Waals surface area contributed by atoms with Gasteiger partial charge in [-0.2, -0.15) is 0 Å². The number of carbonyl (C=O) groups excluding carboxylic acids is 1. The van der Waals surface area contributed by atoms with Gasteiger partial charge < -0.3 is 19.9 Å². The van der Waals surface area contributed by atoms with Crippen LogP contribution in [0, 0.1) is 0 Å². The monoisotopic (exact) mass is 401 g/mol. The van der Waals surface area contributed by atoms with Crippen molar-refractivity contribution in [1.29, 1.82) is 0 Å². The van der Waals surface area contributed by atoms with Gasteiger partial charge >= 0.3 is 29.6 Å². The molecule has 1 fully saturated rings. The molecule has 2 aliphatic rings. The molecule has 1 aromatic carbocycles. The van der Waals surface area contributed by atoms with Crippen molar-refractivity contribution < 1.29 is 48.9 Å². The summed E-state index contributed by atoms with van der Waals surface area (Å²) in [5.74, 6) is 0.0526. The van der Waals surface area contributed by atoms with Gasteiger partial charge in [-0.15, -0.1) is 0 Å². The van der Waals surface area contributed by atoms with E-state index in [-0.39, 0.29) is 52.9 Å². The van der Waals surface area contributed by atoms with Gasteiger partial charge in [-0.1, -0.05) is 24.3 Å². The van der Waals surface area contributed by atoms with Crippen molar-refractivity contribution in [1.82, 2.24) is 5.32 Å². The Hall–Kier alpha value is -0.720. The second kappa shape index (κ2) is 9.19. The number of amides is 1. The van der Waals surface area contributed by atoms with E-state index in [2.05, 4.69) is 5.32 Å². The largest absolute Gasteiger partial charge is 1.00 e. The van der Waals surface area contributed by atoms with Crippen molar-refractivity contribution in [2.75, 3.05) is 13.7 Å². The third-order valence-corrected chi connectivity index (χ3v) is 5.66. The predicted octanol–water partition coefficient (Wildman–Crippen LogP) is -0.166. The van der Waals surface area contributed by atoms with E-state index in [1.54, 1.807) is 19.2 Å². The molecule has 0 saturated heterocycles. The molecule has 0 atom stereocenters. The summed E-state index contributed by atoms with van der Waals surface area (Å²) in [6.45, 7) is 4.27. The molecule has 7 heteroatoms. The summed E-state index contributed by atoms with van der Waals surface area (Å²) >= 11 is 6.20. The Kier molecular flexibility index (Phi) is 7.68. The van der Waals surface area contributed by atoms with E-state index in [1.165, 1.54) is 0 Å². The molecule has 1 aromatic rings. The number of methoxy groups -OCH3 is 1. The standard InChI is InChI=1S/C20H26ClNO4.Na/c1-4-12-10-13(21)11-15(26-5-2)16(12)17-18(23)20(22-19(17)24)8-6-14(25-3)7-9-20;/h10-11,14,23H,4-9H2,1-3H3,(H,22,24);/q;+1/p-1. The van der Waals surface area contributed by atoms with Gasteiger partial charge in [0.1, 0.15) is 5.75 Å². The summed E-state index contributed by atoms with van der Waals surface area (Å²) in [7, 11) is 1.69. The second-order valence-corrected chi connectivity index (χ2v) is 7.34. The summed E-state index contributed by atoms with van der Waals surface area (Å²) in [5, 5.41) is 16.9. The molecule has 0 bridgehead atoms. The maximum Gasteiger partial charge on any atom is 1.00 e. The van der Waals surface area contributed by atoms with Gasteiger partial charge in [-0.25, -0.2) is 0 Å². The summed E-state index contributed by atoms with van der Waals surface area (Å²) in [4.78, 5) is 12.8. The molecule has 1 saturated carbocycles. The van der Waals surface area contributed by atoms with Crippen molar-refractivity contribution in [2.24, 2.45) is 0 Å². The Morgan fingerprint density at radius 3 is 2.52 bits per heavy atom. The van der Waals surface area contributed by atoms with Gasteiger partial charge in [-0.3, -0.25) is 4.79 Å². The number of ether oxygens (including phenoxy) is 2. The third-order valence-electron chi connectivity index (χ3n) is 5.44.